The Morgan fingerprint density at radius 3 is 2.63 bits per heavy atom. The minimum Gasteiger partial charge on any atom is -0.329 e. The number of aromatic nitrogens is 3. The number of nitrogens with zero attached hydrogens (tertiary/aromatic N) is 4. The van der Waals surface area contributed by atoms with Gasteiger partial charge < -0.3 is 10.3 Å². The van der Waals surface area contributed by atoms with E-state index in [1.54, 1.807) is 0 Å². The lowest BCUT2D eigenvalue weighted by Crippen LogP contribution is -2.58. The summed E-state index contributed by atoms with van der Waals surface area (Å²) < 4.78 is 2.16. The van der Waals surface area contributed by atoms with Crippen LogP contribution in [0.25, 0.3) is 0 Å². The van der Waals surface area contributed by atoms with Crippen LogP contribution < -0.4 is 5.73 Å². The fourth-order valence-electron chi connectivity index (χ4n) is 3.51. The first-order valence-electron chi connectivity index (χ1n) is 7.37. The molecule has 5 nitrogen and oxygen atoms in total. The molecule has 1 aliphatic carbocycles. The number of fused-ring (bicyclic) bond motifs is 1. The molecular formula is C14H25N5. The molecule has 1 aliphatic heterocycles. The SMILES string of the molecule is CC1(C)CCC(CN)(N2CCn3cnnc3C2)CC1. The number of nitrogens with two attached hydrogens (primary N) is 1. The minimum absolute atomic E-state index is 0.187. The zero-order valence-electron chi connectivity index (χ0n) is 12.1. The van der Waals surface area contributed by atoms with Crippen LogP contribution >= 0.6 is 0 Å². The van der Waals surface area contributed by atoms with E-state index in [2.05, 4.69) is 33.5 Å². The lowest BCUT2D eigenvalue weighted by atomic mass is 9.68. The molecule has 0 aromatic carbocycles. The normalized spacial score (nSPS) is 26.1. The Balaban J connectivity index is 1.77. The van der Waals surface area contributed by atoms with E-state index in [1.165, 1.54) is 25.7 Å². The smallest absolute Gasteiger partial charge is 0.147 e. The summed E-state index contributed by atoms with van der Waals surface area (Å²) in [5.74, 6) is 1.09. The summed E-state index contributed by atoms with van der Waals surface area (Å²) in [5, 5.41) is 8.24. The Morgan fingerprint density at radius 2 is 1.95 bits per heavy atom. The molecule has 1 saturated carbocycles. The highest BCUT2D eigenvalue weighted by molar-refractivity contribution is 5.02. The number of hydrogen-bond acceptors (Lipinski definition) is 4. The highest BCUT2D eigenvalue weighted by Gasteiger charge is 2.42. The molecule has 3 rings (SSSR count). The van der Waals surface area contributed by atoms with Crippen molar-refractivity contribution in [1.29, 1.82) is 0 Å². The van der Waals surface area contributed by atoms with Crippen LogP contribution in [0.1, 0.15) is 45.4 Å². The molecule has 106 valence electrons. The molecule has 0 radical (unpaired) electrons. The van der Waals surface area contributed by atoms with E-state index in [1.807, 2.05) is 6.33 Å². The lowest BCUT2D eigenvalue weighted by molar-refractivity contribution is 0.00400. The third-order valence-corrected chi connectivity index (χ3v) is 5.22. The van der Waals surface area contributed by atoms with E-state index >= 15 is 0 Å². The number of rotatable bonds is 2. The van der Waals surface area contributed by atoms with Gasteiger partial charge in [-0.3, -0.25) is 4.90 Å². The van der Waals surface area contributed by atoms with Crippen LogP contribution in [-0.4, -0.2) is 38.3 Å². The van der Waals surface area contributed by atoms with E-state index in [-0.39, 0.29) is 5.54 Å². The largest absolute Gasteiger partial charge is 0.329 e. The van der Waals surface area contributed by atoms with Crippen LogP contribution in [0.3, 0.4) is 0 Å². The Labute approximate surface area is 115 Å². The van der Waals surface area contributed by atoms with Crippen molar-refractivity contribution in [2.45, 2.75) is 58.2 Å². The summed E-state index contributed by atoms with van der Waals surface area (Å²) in [6, 6.07) is 0. The Morgan fingerprint density at radius 1 is 1.21 bits per heavy atom. The molecule has 2 aliphatic rings. The first kappa shape index (κ1) is 13.1. The second kappa shape index (κ2) is 4.56. The van der Waals surface area contributed by atoms with Gasteiger partial charge in [-0.15, -0.1) is 10.2 Å². The molecule has 2 N–H and O–H groups in total. The molecule has 19 heavy (non-hydrogen) atoms. The van der Waals surface area contributed by atoms with Crippen molar-refractivity contribution < 1.29 is 0 Å². The van der Waals surface area contributed by atoms with Gasteiger partial charge in [-0.2, -0.15) is 0 Å². The van der Waals surface area contributed by atoms with E-state index in [0.29, 0.717) is 5.41 Å². The van der Waals surface area contributed by atoms with Crippen LogP contribution in [-0.2, 0) is 13.1 Å². The zero-order valence-corrected chi connectivity index (χ0v) is 12.1. The van der Waals surface area contributed by atoms with E-state index in [9.17, 15) is 0 Å². The maximum Gasteiger partial charge on any atom is 0.147 e. The highest BCUT2D eigenvalue weighted by Crippen LogP contribution is 2.43. The van der Waals surface area contributed by atoms with Gasteiger partial charge in [0.2, 0.25) is 0 Å². The highest BCUT2D eigenvalue weighted by atomic mass is 15.3. The van der Waals surface area contributed by atoms with Crippen molar-refractivity contribution in [3.8, 4) is 0 Å². The Bertz CT molecular complexity index is 440. The molecule has 1 aromatic heterocycles. The predicted octanol–water partition coefficient (Wildman–Crippen LogP) is 1.39. The van der Waals surface area contributed by atoms with Crippen LogP contribution in [0.4, 0.5) is 0 Å². The van der Waals surface area contributed by atoms with Crippen molar-refractivity contribution in [3.63, 3.8) is 0 Å². The fraction of sp³-hybridized carbons (Fsp3) is 0.857. The van der Waals surface area contributed by atoms with Crippen molar-refractivity contribution in [3.05, 3.63) is 12.2 Å². The second-order valence-corrected chi connectivity index (χ2v) is 6.95. The van der Waals surface area contributed by atoms with Gasteiger partial charge in [-0.25, -0.2) is 0 Å². The van der Waals surface area contributed by atoms with Crippen molar-refractivity contribution in [2.75, 3.05) is 13.1 Å². The zero-order chi connectivity index (χ0) is 13.5. The number of hydrogen-bond donors (Lipinski definition) is 1. The first-order chi connectivity index (χ1) is 9.05. The molecule has 0 amide bonds. The van der Waals surface area contributed by atoms with Crippen LogP contribution in [0.2, 0.25) is 0 Å². The van der Waals surface area contributed by atoms with E-state index < -0.39 is 0 Å². The van der Waals surface area contributed by atoms with Crippen molar-refractivity contribution >= 4 is 0 Å². The summed E-state index contributed by atoms with van der Waals surface area (Å²) in [7, 11) is 0. The van der Waals surface area contributed by atoms with E-state index in [4.69, 9.17) is 5.73 Å². The Hall–Kier alpha value is -0.940. The van der Waals surface area contributed by atoms with E-state index in [0.717, 1.165) is 32.0 Å². The van der Waals surface area contributed by atoms with Crippen molar-refractivity contribution in [1.82, 2.24) is 19.7 Å². The van der Waals surface area contributed by atoms with Crippen LogP contribution in [0.5, 0.6) is 0 Å². The summed E-state index contributed by atoms with van der Waals surface area (Å²) in [5.41, 5.74) is 6.84. The Kier molecular flexibility index (Phi) is 3.14. The van der Waals surface area contributed by atoms with Gasteiger partial charge >= 0.3 is 0 Å². The topological polar surface area (TPSA) is 60.0 Å². The minimum atomic E-state index is 0.187. The lowest BCUT2D eigenvalue weighted by Gasteiger charge is -2.50. The molecular weight excluding hydrogens is 238 g/mol. The monoisotopic (exact) mass is 263 g/mol. The predicted molar refractivity (Wildman–Crippen MR) is 74.5 cm³/mol. The van der Waals surface area contributed by atoms with Crippen molar-refractivity contribution in [2.24, 2.45) is 11.1 Å². The molecule has 2 heterocycles. The summed E-state index contributed by atoms with van der Waals surface area (Å²) in [6.07, 6.45) is 6.81. The third-order valence-electron chi connectivity index (χ3n) is 5.22. The average molecular weight is 263 g/mol. The van der Waals surface area contributed by atoms with Gasteiger partial charge in [0.25, 0.3) is 0 Å². The fourth-order valence-corrected chi connectivity index (χ4v) is 3.51. The van der Waals surface area contributed by atoms with Gasteiger partial charge in [0, 0.05) is 25.2 Å². The van der Waals surface area contributed by atoms with Gasteiger partial charge in [0.1, 0.15) is 12.2 Å². The summed E-state index contributed by atoms with van der Waals surface area (Å²) in [6.45, 7) is 8.48. The van der Waals surface area contributed by atoms with Gasteiger partial charge in [-0.1, -0.05) is 13.8 Å². The molecule has 0 unspecified atom stereocenters. The summed E-state index contributed by atoms with van der Waals surface area (Å²) in [4.78, 5) is 2.56. The molecule has 0 spiro atoms. The van der Waals surface area contributed by atoms with Gasteiger partial charge in [0.05, 0.1) is 6.54 Å². The maximum absolute atomic E-state index is 6.17. The second-order valence-electron chi connectivity index (χ2n) is 6.95. The summed E-state index contributed by atoms with van der Waals surface area (Å²) >= 11 is 0. The maximum atomic E-state index is 6.17. The third kappa shape index (κ3) is 2.30. The molecule has 1 fully saturated rings. The molecule has 5 heteroatoms. The standard InChI is InChI=1S/C14H25N5/c1-13(2)3-5-14(10-15,6-4-13)19-8-7-18-11-16-17-12(18)9-19/h11H,3-10,15H2,1-2H3. The van der Waals surface area contributed by atoms with Crippen LogP contribution in [0, 0.1) is 5.41 Å². The molecule has 1 aromatic rings. The first-order valence-corrected chi connectivity index (χ1v) is 7.37. The molecule has 0 bridgehead atoms. The molecule has 0 saturated heterocycles. The quantitative estimate of drug-likeness (QED) is 0.876. The molecule has 0 atom stereocenters. The van der Waals surface area contributed by atoms with Gasteiger partial charge in [-0.05, 0) is 31.1 Å². The van der Waals surface area contributed by atoms with Crippen LogP contribution in [0.15, 0.2) is 6.33 Å². The average Bonchev–Trinajstić information content (AvgIpc) is 2.87. The van der Waals surface area contributed by atoms with Gasteiger partial charge in [0.15, 0.2) is 0 Å².